The van der Waals surface area contributed by atoms with E-state index < -0.39 is 0 Å². The summed E-state index contributed by atoms with van der Waals surface area (Å²) in [5.41, 5.74) is 4.70. The molecule has 0 spiro atoms. The Morgan fingerprint density at radius 1 is 1.12 bits per heavy atom. The number of nitrogens with zero attached hydrogens (tertiary/aromatic N) is 3. The Kier molecular flexibility index (Phi) is 5.07. The summed E-state index contributed by atoms with van der Waals surface area (Å²) in [6, 6.07) is 17.0. The van der Waals surface area contributed by atoms with Gasteiger partial charge >= 0.3 is 0 Å². The number of aryl methyl sites for hydroxylation is 2. The average molecular weight is 349 g/mol. The van der Waals surface area contributed by atoms with E-state index in [1.807, 2.05) is 54.9 Å². The van der Waals surface area contributed by atoms with Crippen LogP contribution in [0, 0.1) is 13.8 Å². The van der Waals surface area contributed by atoms with Crippen LogP contribution in [0.2, 0.25) is 0 Å². The number of rotatable bonds is 5. The lowest BCUT2D eigenvalue weighted by molar-refractivity contribution is -0.129. The molecule has 134 valence electrons. The Hall–Kier alpha value is -3.08. The molecule has 1 amide bonds. The van der Waals surface area contributed by atoms with Crippen LogP contribution < -0.4 is 0 Å². The summed E-state index contributed by atoms with van der Waals surface area (Å²) < 4.78 is 1.91. The highest BCUT2D eigenvalue weighted by atomic mass is 16.3. The number of phenols is 1. The molecule has 0 bridgehead atoms. The monoisotopic (exact) mass is 349 g/mol. The van der Waals surface area contributed by atoms with Gasteiger partial charge in [-0.2, -0.15) is 5.10 Å². The van der Waals surface area contributed by atoms with Crippen molar-refractivity contribution >= 4 is 5.91 Å². The van der Waals surface area contributed by atoms with E-state index in [2.05, 4.69) is 5.10 Å². The molecule has 26 heavy (non-hydrogen) atoms. The maximum Gasteiger partial charge on any atom is 0.227 e. The van der Waals surface area contributed by atoms with E-state index in [1.165, 1.54) is 0 Å². The molecule has 1 aromatic heterocycles. The summed E-state index contributed by atoms with van der Waals surface area (Å²) in [7, 11) is 1.78. The second-order valence-corrected chi connectivity index (χ2v) is 6.56. The van der Waals surface area contributed by atoms with Crippen LogP contribution in [0.15, 0.2) is 54.6 Å². The first-order valence-corrected chi connectivity index (χ1v) is 8.57. The Bertz CT molecular complexity index is 931. The maximum absolute atomic E-state index is 12.5. The van der Waals surface area contributed by atoms with Crippen molar-refractivity contribution in [3.8, 4) is 11.4 Å². The van der Waals surface area contributed by atoms with Crippen LogP contribution in [-0.2, 0) is 17.8 Å². The van der Waals surface area contributed by atoms with E-state index in [4.69, 9.17) is 0 Å². The van der Waals surface area contributed by atoms with Gasteiger partial charge in [-0.05, 0) is 43.7 Å². The zero-order valence-electron chi connectivity index (χ0n) is 15.3. The molecule has 0 unspecified atom stereocenters. The SMILES string of the molecule is Cc1cc(C)n(-c2cccc(CN(C)C(=O)Cc3ccccc3O)c2)n1. The molecule has 0 fully saturated rings. The van der Waals surface area contributed by atoms with Gasteiger partial charge < -0.3 is 10.0 Å². The van der Waals surface area contributed by atoms with Crippen molar-refractivity contribution in [2.45, 2.75) is 26.8 Å². The molecule has 3 aromatic rings. The van der Waals surface area contributed by atoms with Crippen molar-refractivity contribution in [1.29, 1.82) is 0 Å². The van der Waals surface area contributed by atoms with Gasteiger partial charge in [0.15, 0.2) is 0 Å². The summed E-state index contributed by atoms with van der Waals surface area (Å²) in [5.74, 6) is 0.115. The molecule has 3 rings (SSSR count). The van der Waals surface area contributed by atoms with Crippen LogP contribution in [0.25, 0.3) is 5.69 Å². The van der Waals surface area contributed by atoms with Crippen LogP contribution in [0.1, 0.15) is 22.5 Å². The molecule has 1 N–H and O–H groups in total. The highest BCUT2D eigenvalue weighted by Gasteiger charge is 2.13. The summed E-state index contributed by atoms with van der Waals surface area (Å²) in [5, 5.41) is 14.4. The van der Waals surface area contributed by atoms with Gasteiger partial charge in [-0.25, -0.2) is 4.68 Å². The molecule has 5 heteroatoms. The predicted molar refractivity (Wildman–Crippen MR) is 101 cm³/mol. The molecule has 0 radical (unpaired) electrons. The highest BCUT2D eigenvalue weighted by molar-refractivity contribution is 5.79. The molecule has 0 aliphatic carbocycles. The zero-order valence-corrected chi connectivity index (χ0v) is 15.3. The van der Waals surface area contributed by atoms with Gasteiger partial charge in [0.1, 0.15) is 5.75 Å². The number of likely N-dealkylation sites (N-methyl/N-ethyl adjacent to an activating group) is 1. The average Bonchev–Trinajstić information content (AvgIpc) is 2.95. The first-order chi connectivity index (χ1) is 12.4. The molecular weight excluding hydrogens is 326 g/mol. The minimum Gasteiger partial charge on any atom is -0.508 e. The van der Waals surface area contributed by atoms with Gasteiger partial charge in [-0.3, -0.25) is 4.79 Å². The Labute approximate surface area is 153 Å². The number of hydrogen-bond acceptors (Lipinski definition) is 3. The van der Waals surface area contributed by atoms with Crippen LogP contribution >= 0.6 is 0 Å². The second kappa shape index (κ2) is 7.44. The molecule has 0 saturated carbocycles. The number of aromatic hydroxyl groups is 1. The number of aromatic nitrogens is 2. The Balaban J connectivity index is 1.72. The molecule has 0 saturated heterocycles. The van der Waals surface area contributed by atoms with E-state index in [-0.39, 0.29) is 18.1 Å². The van der Waals surface area contributed by atoms with Crippen molar-refractivity contribution < 1.29 is 9.90 Å². The number of phenolic OH excluding ortho intramolecular Hbond substituents is 1. The van der Waals surface area contributed by atoms with Gasteiger partial charge in [0, 0.05) is 24.8 Å². The van der Waals surface area contributed by atoms with Crippen molar-refractivity contribution in [1.82, 2.24) is 14.7 Å². The Morgan fingerprint density at radius 3 is 2.58 bits per heavy atom. The molecule has 2 aromatic carbocycles. The summed E-state index contributed by atoms with van der Waals surface area (Å²) in [4.78, 5) is 14.2. The Morgan fingerprint density at radius 2 is 1.88 bits per heavy atom. The van der Waals surface area contributed by atoms with E-state index in [9.17, 15) is 9.90 Å². The third kappa shape index (κ3) is 3.94. The minimum absolute atomic E-state index is 0.0389. The minimum atomic E-state index is -0.0389. The van der Waals surface area contributed by atoms with E-state index in [1.54, 1.807) is 30.1 Å². The van der Waals surface area contributed by atoms with E-state index in [0.29, 0.717) is 12.1 Å². The molecule has 0 aliphatic heterocycles. The zero-order chi connectivity index (χ0) is 18.7. The third-order valence-corrected chi connectivity index (χ3v) is 4.34. The van der Waals surface area contributed by atoms with Crippen LogP contribution in [0.4, 0.5) is 0 Å². The van der Waals surface area contributed by atoms with Crippen LogP contribution in [0.3, 0.4) is 0 Å². The van der Waals surface area contributed by atoms with Gasteiger partial charge in [-0.15, -0.1) is 0 Å². The van der Waals surface area contributed by atoms with Crippen molar-refractivity contribution in [3.05, 3.63) is 77.1 Å². The number of para-hydroxylation sites is 1. The fourth-order valence-corrected chi connectivity index (χ4v) is 3.00. The number of carbonyl (C=O) groups excluding carboxylic acids is 1. The number of benzene rings is 2. The largest absolute Gasteiger partial charge is 0.508 e. The van der Waals surface area contributed by atoms with Crippen LogP contribution in [0.5, 0.6) is 5.75 Å². The lowest BCUT2D eigenvalue weighted by atomic mass is 10.1. The maximum atomic E-state index is 12.5. The first kappa shape index (κ1) is 17.7. The summed E-state index contributed by atoms with van der Waals surface area (Å²) in [6.07, 6.45) is 0.181. The normalized spacial score (nSPS) is 10.7. The van der Waals surface area contributed by atoms with Gasteiger partial charge in [0.05, 0.1) is 17.8 Å². The van der Waals surface area contributed by atoms with E-state index >= 15 is 0 Å². The van der Waals surface area contributed by atoms with Gasteiger partial charge in [-0.1, -0.05) is 30.3 Å². The molecule has 1 heterocycles. The molecule has 5 nitrogen and oxygen atoms in total. The lowest BCUT2D eigenvalue weighted by Gasteiger charge is -2.18. The number of hydrogen-bond donors (Lipinski definition) is 1. The highest BCUT2D eigenvalue weighted by Crippen LogP contribution is 2.18. The third-order valence-electron chi connectivity index (χ3n) is 4.34. The molecule has 0 atom stereocenters. The fourth-order valence-electron chi connectivity index (χ4n) is 3.00. The number of amides is 1. The topological polar surface area (TPSA) is 58.4 Å². The van der Waals surface area contributed by atoms with Gasteiger partial charge in [0.25, 0.3) is 0 Å². The van der Waals surface area contributed by atoms with Crippen molar-refractivity contribution in [2.75, 3.05) is 7.05 Å². The molecular formula is C21H23N3O2. The molecule has 0 aliphatic rings. The predicted octanol–water partition coefficient (Wildman–Crippen LogP) is 3.40. The van der Waals surface area contributed by atoms with E-state index in [0.717, 1.165) is 22.6 Å². The number of carbonyl (C=O) groups is 1. The quantitative estimate of drug-likeness (QED) is 0.768. The van der Waals surface area contributed by atoms with Crippen LogP contribution in [-0.4, -0.2) is 32.7 Å². The van der Waals surface area contributed by atoms with Crippen molar-refractivity contribution in [3.63, 3.8) is 0 Å². The van der Waals surface area contributed by atoms with Crippen molar-refractivity contribution in [2.24, 2.45) is 0 Å². The second-order valence-electron chi connectivity index (χ2n) is 6.56. The lowest BCUT2D eigenvalue weighted by Crippen LogP contribution is -2.27. The summed E-state index contributed by atoms with van der Waals surface area (Å²) in [6.45, 7) is 4.49. The van der Waals surface area contributed by atoms with Gasteiger partial charge in [0.2, 0.25) is 5.91 Å². The smallest absolute Gasteiger partial charge is 0.227 e. The summed E-state index contributed by atoms with van der Waals surface area (Å²) >= 11 is 0. The first-order valence-electron chi connectivity index (χ1n) is 8.57. The fraction of sp³-hybridized carbons (Fsp3) is 0.238. The standard InChI is InChI=1S/C21H23N3O2/c1-15-11-16(2)24(22-15)19-9-6-7-17(12-19)14-23(3)21(26)13-18-8-4-5-10-20(18)25/h4-12,25H,13-14H2,1-3H3.